The van der Waals surface area contributed by atoms with Crippen molar-refractivity contribution in [1.82, 2.24) is 0 Å². The summed E-state index contributed by atoms with van der Waals surface area (Å²) in [5.74, 6) is -0.271. The first-order chi connectivity index (χ1) is 4.76. The molecule has 5 heteroatoms. The van der Waals surface area contributed by atoms with Crippen molar-refractivity contribution in [2.75, 3.05) is 12.0 Å². The lowest BCUT2D eigenvalue weighted by molar-refractivity contribution is -0.121. The maximum atomic E-state index is 10.7. The molecule has 0 saturated heterocycles. The maximum absolute atomic E-state index is 10.7. The molecule has 0 unspecified atom stereocenters. The fourth-order valence-electron chi connectivity index (χ4n) is 0.387. The summed E-state index contributed by atoms with van der Waals surface area (Å²) in [5.41, 5.74) is 0. The highest BCUT2D eigenvalue weighted by atomic mass is 32.2. The van der Waals surface area contributed by atoms with Crippen molar-refractivity contribution < 1.29 is 9.59 Å². The molecule has 4 nitrogen and oxygen atoms in total. The average molecular weight is 161 g/mol. The molecule has 0 amide bonds. The van der Waals surface area contributed by atoms with Crippen LogP contribution in [0.4, 0.5) is 0 Å². The first-order valence-corrected chi connectivity index (χ1v) is 3.95. The number of carbonyl (C=O) groups excluding carboxylic acids is 2. The van der Waals surface area contributed by atoms with Crippen LogP contribution in [-0.2, 0) is 9.59 Å². The quantitative estimate of drug-likeness (QED) is 0.329. The van der Waals surface area contributed by atoms with Crippen molar-refractivity contribution in [3.63, 3.8) is 0 Å². The van der Waals surface area contributed by atoms with Crippen molar-refractivity contribution in [3.8, 4) is 0 Å². The number of thioether (sulfide) groups is 1. The number of hydrogen-bond acceptors (Lipinski definition) is 5. The van der Waals surface area contributed by atoms with E-state index in [1.807, 2.05) is 0 Å². The molecule has 0 saturated carbocycles. The number of Topliss-reactive ketones (excluding diaryl/α,β-unsaturated/α-hetero) is 1. The molecule has 0 aliphatic heterocycles. The largest absolute Gasteiger partial charge is 0.300 e. The Hall–Kier alpha value is -0.710. The van der Waals surface area contributed by atoms with Crippen molar-refractivity contribution >= 4 is 23.8 Å². The smallest absolute Gasteiger partial charge is 0.206 e. The normalized spacial score (nSPS) is 12.1. The molecule has 0 aliphatic carbocycles. The number of nitroso groups, excluding NO2 is 1. The van der Waals surface area contributed by atoms with E-state index in [1.54, 1.807) is 6.26 Å². The molecule has 0 bridgehead atoms. The number of nitrogens with zero attached hydrogens (tertiary/aromatic N) is 1. The zero-order valence-electron chi connectivity index (χ0n) is 5.44. The summed E-state index contributed by atoms with van der Waals surface area (Å²) in [6.07, 6.45) is 1.97. The van der Waals surface area contributed by atoms with E-state index < -0.39 is 11.8 Å². The molecule has 0 spiro atoms. The Balaban J connectivity index is 3.88. The minimum Gasteiger partial charge on any atom is -0.300 e. The van der Waals surface area contributed by atoms with E-state index in [2.05, 4.69) is 5.18 Å². The van der Waals surface area contributed by atoms with E-state index >= 15 is 0 Å². The van der Waals surface area contributed by atoms with Crippen LogP contribution < -0.4 is 0 Å². The van der Waals surface area contributed by atoms with Gasteiger partial charge >= 0.3 is 0 Å². The van der Waals surface area contributed by atoms with Crippen LogP contribution in [-0.4, -0.2) is 30.1 Å². The second-order valence-corrected chi connectivity index (χ2v) is 2.45. The molecule has 56 valence electrons. The Morgan fingerprint density at radius 2 is 2.40 bits per heavy atom. The highest BCUT2D eigenvalue weighted by Gasteiger charge is 2.16. The number of hydrogen-bond donors (Lipinski definition) is 0. The third-order valence-corrected chi connectivity index (χ3v) is 1.43. The van der Waals surface area contributed by atoms with Crippen LogP contribution in [0.2, 0.25) is 0 Å². The van der Waals surface area contributed by atoms with Gasteiger partial charge in [0.05, 0.1) is 5.75 Å². The molecule has 10 heavy (non-hydrogen) atoms. The highest BCUT2D eigenvalue weighted by molar-refractivity contribution is 7.99. The second kappa shape index (κ2) is 5.10. The highest BCUT2D eigenvalue weighted by Crippen LogP contribution is 1.97. The van der Waals surface area contributed by atoms with Crippen molar-refractivity contribution in [3.05, 3.63) is 4.91 Å². The van der Waals surface area contributed by atoms with Crippen molar-refractivity contribution in [1.29, 1.82) is 0 Å². The average Bonchev–Trinajstić information content (AvgIpc) is 1.91. The lowest BCUT2D eigenvalue weighted by Crippen LogP contribution is -2.21. The molecule has 0 fully saturated rings. The van der Waals surface area contributed by atoms with Crippen LogP contribution >= 0.6 is 11.8 Å². The Bertz CT molecular complexity index is 140. The summed E-state index contributed by atoms with van der Waals surface area (Å²) in [4.78, 5) is 30.3. The Morgan fingerprint density at radius 1 is 1.80 bits per heavy atom. The molecule has 1 atom stereocenters. The molecule has 0 heterocycles. The molecule has 0 rings (SSSR count). The molecule has 0 N–H and O–H groups in total. The van der Waals surface area contributed by atoms with Gasteiger partial charge in [-0.3, -0.25) is 4.79 Å². The van der Waals surface area contributed by atoms with E-state index in [0.717, 1.165) is 0 Å². The van der Waals surface area contributed by atoms with Gasteiger partial charge in [0, 0.05) is 0 Å². The predicted octanol–water partition coefficient (Wildman–Crippen LogP) is 0.252. The first-order valence-electron chi connectivity index (χ1n) is 2.55. The molecular weight excluding hydrogens is 154 g/mol. The van der Waals surface area contributed by atoms with E-state index in [9.17, 15) is 14.5 Å². The van der Waals surface area contributed by atoms with Gasteiger partial charge in [-0.05, 0) is 6.26 Å². The van der Waals surface area contributed by atoms with Crippen LogP contribution in [0.3, 0.4) is 0 Å². The molecule has 0 aromatic heterocycles. The maximum Gasteiger partial charge on any atom is 0.206 e. The van der Waals surface area contributed by atoms with Crippen LogP contribution in [0, 0.1) is 4.91 Å². The molecule has 0 aromatic rings. The Labute approximate surface area is 62.3 Å². The van der Waals surface area contributed by atoms with Gasteiger partial charge in [0.15, 0.2) is 12.1 Å². The van der Waals surface area contributed by atoms with Crippen LogP contribution in [0.25, 0.3) is 0 Å². The number of ketones is 1. The van der Waals surface area contributed by atoms with Crippen LogP contribution in [0.5, 0.6) is 0 Å². The first kappa shape index (κ1) is 9.29. The van der Waals surface area contributed by atoms with E-state index in [0.29, 0.717) is 0 Å². The van der Waals surface area contributed by atoms with Gasteiger partial charge in [0.25, 0.3) is 0 Å². The summed E-state index contributed by atoms with van der Waals surface area (Å²) in [6, 6.07) is -1.30. The fourth-order valence-corrected chi connectivity index (χ4v) is 0.842. The van der Waals surface area contributed by atoms with Crippen molar-refractivity contribution in [2.45, 2.75) is 6.04 Å². The molecule has 0 aliphatic rings. The topological polar surface area (TPSA) is 63.6 Å². The number of carbonyl (C=O) groups is 2. The van der Waals surface area contributed by atoms with Gasteiger partial charge < -0.3 is 4.79 Å². The minimum atomic E-state index is -1.30. The zero-order valence-corrected chi connectivity index (χ0v) is 6.26. The fraction of sp³-hybridized carbons (Fsp3) is 0.600. The second-order valence-electron chi connectivity index (χ2n) is 1.59. The monoisotopic (exact) mass is 161 g/mol. The Morgan fingerprint density at radius 3 is 2.70 bits per heavy atom. The summed E-state index contributed by atoms with van der Waals surface area (Å²) in [6.45, 7) is 0. The number of aldehydes is 1. The zero-order chi connectivity index (χ0) is 7.98. The summed E-state index contributed by atoms with van der Waals surface area (Å²) < 4.78 is 0. The van der Waals surface area contributed by atoms with Gasteiger partial charge in [-0.25, -0.2) is 0 Å². The van der Waals surface area contributed by atoms with Crippen LogP contribution in [0.1, 0.15) is 0 Å². The summed E-state index contributed by atoms with van der Waals surface area (Å²) in [5, 5.41) is 2.34. The van der Waals surface area contributed by atoms with Gasteiger partial charge in [0.2, 0.25) is 6.04 Å². The van der Waals surface area contributed by atoms with Crippen molar-refractivity contribution in [2.24, 2.45) is 5.18 Å². The van der Waals surface area contributed by atoms with E-state index in [1.165, 1.54) is 11.8 Å². The SMILES string of the molecule is CSCC(=O)[C@H](C=O)N=O. The lowest BCUT2D eigenvalue weighted by Gasteiger charge is -1.95. The van der Waals surface area contributed by atoms with E-state index in [4.69, 9.17) is 0 Å². The van der Waals surface area contributed by atoms with Gasteiger partial charge in [0.1, 0.15) is 0 Å². The standard InChI is InChI=1S/C5H7NO3S/c1-10-3-5(8)4(2-7)6-9/h2,4H,3H2,1H3/t4-/m0/s1. The molecule has 0 aromatic carbocycles. The van der Waals surface area contributed by atoms with Gasteiger partial charge in [-0.1, -0.05) is 5.18 Å². The number of rotatable bonds is 5. The predicted molar refractivity (Wildman–Crippen MR) is 39.0 cm³/mol. The van der Waals surface area contributed by atoms with Gasteiger partial charge in [-0.2, -0.15) is 11.8 Å². The van der Waals surface area contributed by atoms with E-state index in [-0.39, 0.29) is 12.0 Å². The Kier molecular flexibility index (Phi) is 4.74. The summed E-state index contributed by atoms with van der Waals surface area (Å²) >= 11 is 1.26. The third-order valence-electron chi connectivity index (χ3n) is 0.859. The molecular formula is C5H7NO3S. The lowest BCUT2D eigenvalue weighted by atomic mass is 10.2. The summed E-state index contributed by atoms with van der Waals surface area (Å²) in [7, 11) is 0. The third kappa shape index (κ3) is 2.72. The molecule has 0 radical (unpaired) electrons. The van der Waals surface area contributed by atoms with Gasteiger partial charge in [-0.15, -0.1) is 4.91 Å². The minimum absolute atomic E-state index is 0.162. The van der Waals surface area contributed by atoms with Crippen LogP contribution in [0.15, 0.2) is 5.18 Å².